The number of aromatic nitrogens is 1. The number of hydrogen-bond acceptors (Lipinski definition) is 4. The SMILES string of the molecule is Cc1cc(C(=O)CN2CCN(c3ccc(O)cc3)CC2)c(C)n1C(C)C. The van der Waals surface area contributed by atoms with Crippen molar-refractivity contribution in [3.8, 4) is 5.75 Å². The highest BCUT2D eigenvalue weighted by Crippen LogP contribution is 2.22. The minimum absolute atomic E-state index is 0.211. The highest BCUT2D eigenvalue weighted by atomic mass is 16.3. The summed E-state index contributed by atoms with van der Waals surface area (Å²) in [5.74, 6) is 0.500. The first-order valence-corrected chi connectivity index (χ1v) is 9.34. The Labute approximate surface area is 155 Å². The zero-order valence-electron chi connectivity index (χ0n) is 16.2. The molecule has 5 heteroatoms. The second kappa shape index (κ2) is 7.54. The second-order valence-corrected chi connectivity index (χ2v) is 7.45. The summed E-state index contributed by atoms with van der Waals surface area (Å²) < 4.78 is 2.23. The van der Waals surface area contributed by atoms with Crippen LogP contribution < -0.4 is 4.90 Å². The van der Waals surface area contributed by atoms with Gasteiger partial charge >= 0.3 is 0 Å². The lowest BCUT2D eigenvalue weighted by Crippen LogP contribution is -2.48. The van der Waals surface area contributed by atoms with E-state index >= 15 is 0 Å². The lowest BCUT2D eigenvalue weighted by atomic mass is 10.1. The predicted octanol–water partition coefficient (Wildman–Crippen LogP) is 3.40. The van der Waals surface area contributed by atoms with E-state index in [9.17, 15) is 9.90 Å². The van der Waals surface area contributed by atoms with Gasteiger partial charge in [0.05, 0.1) is 6.54 Å². The standard InChI is InChI=1S/C21H29N3O2/c1-15(2)24-16(3)13-20(17(24)4)21(26)14-22-9-11-23(12-10-22)18-5-7-19(25)8-6-18/h5-8,13,15,25H,9-12,14H2,1-4H3. The molecule has 2 aromatic rings. The van der Waals surface area contributed by atoms with Crippen LogP contribution in [0, 0.1) is 13.8 Å². The maximum Gasteiger partial charge on any atom is 0.178 e. The maximum absolute atomic E-state index is 12.8. The van der Waals surface area contributed by atoms with Crippen molar-refractivity contribution < 1.29 is 9.90 Å². The Morgan fingerprint density at radius 2 is 1.69 bits per heavy atom. The van der Waals surface area contributed by atoms with Crippen molar-refractivity contribution >= 4 is 11.5 Å². The normalized spacial score (nSPS) is 15.7. The van der Waals surface area contributed by atoms with Gasteiger partial charge < -0.3 is 14.6 Å². The van der Waals surface area contributed by atoms with Crippen LogP contribution in [0.3, 0.4) is 0 Å². The molecule has 1 aromatic heterocycles. The highest BCUT2D eigenvalue weighted by Gasteiger charge is 2.22. The molecular weight excluding hydrogens is 326 g/mol. The number of phenolic OH excluding ortho intramolecular Hbond substituents is 1. The lowest BCUT2D eigenvalue weighted by molar-refractivity contribution is 0.0925. The largest absolute Gasteiger partial charge is 0.508 e. The summed E-state index contributed by atoms with van der Waals surface area (Å²) in [5.41, 5.74) is 4.20. The van der Waals surface area contributed by atoms with E-state index in [-0.39, 0.29) is 11.5 Å². The van der Waals surface area contributed by atoms with Crippen LogP contribution in [0.5, 0.6) is 5.75 Å². The van der Waals surface area contributed by atoms with E-state index in [0.29, 0.717) is 12.6 Å². The van der Waals surface area contributed by atoms with Gasteiger partial charge in [-0.15, -0.1) is 0 Å². The summed E-state index contributed by atoms with van der Waals surface area (Å²) in [7, 11) is 0. The van der Waals surface area contributed by atoms with Crippen molar-refractivity contribution in [2.24, 2.45) is 0 Å². The summed E-state index contributed by atoms with van der Waals surface area (Å²) >= 11 is 0. The van der Waals surface area contributed by atoms with Crippen LogP contribution in [0.2, 0.25) is 0 Å². The first-order valence-electron chi connectivity index (χ1n) is 9.34. The first kappa shape index (κ1) is 18.5. The van der Waals surface area contributed by atoms with Gasteiger partial charge in [0, 0.05) is 54.9 Å². The van der Waals surface area contributed by atoms with E-state index in [1.807, 2.05) is 25.1 Å². The number of carbonyl (C=O) groups is 1. The number of rotatable bonds is 5. The third-order valence-electron chi connectivity index (χ3n) is 5.26. The summed E-state index contributed by atoms with van der Waals surface area (Å²) in [6.45, 7) is 12.4. The Hall–Kier alpha value is -2.27. The zero-order chi connectivity index (χ0) is 18.8. The number of benzene rings is 1. The van der Waals surface area contributed by atoms with E-state index in [0.717, 1.165) is 48.8 Å². The van der Waals surface area contributed by atoms with Gasteiger partial charge in [-0.2, -0.15) is 0 Å². The molecule has 0 spiro atoms. The summed E-state index contributed by atoms with van der Waals surface area (Å²) in [4.78, 5) is 17.3. The molecule has 3 rings (SSSR count). The number of piperazine rings is 1. The number of aryl methyl sites for hydroxylation is 1. The number of carbonyl (C=O) groups excluding carboxylic acids is 1. The number of ketones is 1. The van der Waals surface area contributed by atoms with Crippen molar-refractivity contribution in [2.45, 2.75) is 33.7 Å². The fraction of sp³-hybridized carbons (Fsp3) is 0.476. The molecular formula is C21H29N3O2. The Balaban J connectivity index is 1.60. The van der Waals surface area contributed by atoms with Gasteiger partial charge in [-0.05, 0) is 58.0 Å². The van der Waals surface area contributed by atoms with Crippen molar-refractivity contribution in [3.63, 3.8) is 0 Å². The molecule has 26 heavy (non-hydrogen) atoms. The molecule has 1 fully saturated rings. The van der Waals surface area contributed by atoms with Gasteiger partial charge in [0.1, 0.15) is 5.75 Å². The Kier molecular flexibility index (Phi) is 5.37. The van der Waals surface area contributed by atoms with Gasteiger partial charge in [0.15, 0.2) is 5.78 Å². The van der Waals surface area contributed by atoms with Crippen LogP contribution in [0.4, 0.5) is 5.69 Å². The maximum atomic E-state index is 12.8. The number of aromatic hydroxyl groups is 1. The molecule has 0 aliphatic carbocycles. The Morgan fingerprint density at radius 1 is 1.08 bits per heavy atom. The van der Waals surface area contributed by atoms with E-state index in [2.05, 4.69) is 35.1 Å². The van der Waals surface area contributed by atoms with Crippen LogP contribution in [-0.2, 0) is 0 Å². The minimum atomic E-state index is 0.211. The molecule has 1 N–H and O–H groups in total. The van der Waals surface area contributed by atoms with Crippen LogP contribution in [-0.4, -0.2) is 53.1 Å². The number of nitrogens with zero attached hydrogens (tertiary/aromatic N) is 3. The zero-order valence-corrected chi connectivity index (χ0v) is 16.2. The quantitative estimate of drug-likeness (QED) is 0.835. The molecule has 0 radical (unpaired) electrons. The van der Waals surface area contributed by atoms with Gasteiger partial charge in [-0.1, -0.05) is 0 Å². The van der Waals surface area contributed by atoms with Crippen molar-refractivity contribution in [3.05, 3.63) is 47.3 Å². The lowest BCUT2D eigenvalue weighted by Gasteiger charge is -2.35. The highest BCUT2D eigenvalue weighted by molar-refractivity contribution is 5.99. The van der Waals surface area contributed by atoms with Crippen molar-refractivity contribution in [2.75, 3.05) is 37.6 Å². The summed E-state index contributed by atoms with van der Waals surface area (Å²) in [6.07, 6.45) is 0. The third-order valence-corrected chi connectivity index (χ3v) is 5.26. The molecule has 5 nitrogen and oxygen atoms in total. The molecule has 1 saturated heterocycles. The van der Waals surface area contributed by atoms with Gasteiger partial charge in [-0.3, -0.25) is 9.69 Å². The fourth-order valence-corrected chi connectivity index (χ4v) is 3.97. The number of hydrogen-bond donors (Lipinski definition) is 1. The molecule has 0 amide bonds. The molecule has 140 valence electrons. The average molecular weight is 355 g/mol. The molecule has 1 aliphatic heterocycles. The number of anilines is 1. The van der Waals surface area contributed by atoms with Gasteiger partial charge in [0.25, 0.3) is 0 Å². The van der Waals surface area contributed by atoms with E-state index in [4.69, 9.17) is 0 Å². The van der Waals surface area contributed by atoms with E-state index in [1.165, 1.54) is 0 Å². The van der Waals surface area contributed by atoms with Crippen LogP contribution >= 0.6 is 0 Å². The van der Waals surface area contributed by atoms with Crippen molar-refractivity contribution in [1.82, 2.24) is 9.47 Å². The average Bonchev–Trinajstić information content (AvgIpc) is 2.91. The third kappa shape index (κ3) is 3.78. The molecule has 0 saturated carbocycles. The molecule has 1 aliphatic rings. The summed E-state index contributed by atoms with van der Waals surface area (Å²) in [6, 6.07) is 9.72. The first-order chi connectivity index (χ1) is 12.4. The summed E-state index contributed by atoms with van der Waals surface area (Å²) in [5, 5.41) is 9.42. The van der Waals surface area contributed by atoms with E-state index < -0.39 is 0 Å². The minimum Gasteiger partial charge on any atom is -0.508 e. The molecule has 2 heterocycles. The van der Waals surface area contributed by atoms with Gasteiger partial charge in [0.2, 0.25) is 0 Å². The van der Waals surface area contributed by atoms with Crippen LogP contribution in [0.15, 0.2) is 30.3 Å². The predicted molar refractivity (Wildman–Crippen MR) is 105 cm³/mol. The topological polar surface area (TPSA) is 48.7 Å². The molecule has 1 aromatic carbocycles. The number of phenols is 1. The Morgan fingerprint density at radius 3 is 2.23 bits per heavy atom. The van der Waals surface area contributed by atoms with Crippen molar-refractivity contribution in [1.29, 1.82) is 0 Å². The van der Waals surface area contributed by atoms with E-state index in [1.54, 1.807) is 12.1 Å². The second-order valence-electron chi connectivity index (χ2n) is 7.45. The Bertz CT molecular complexity index is 769. The van der Waals surface area contributed by atoms with Gasteiger partial charge in [-0.25, -0.2) is 0 Å². The monoisotopic (exact) mass is 355 g/mol. The molecule has 0 bridgehead atoms. The van der Waals surface area contributed by atoms with Crippen LogP contribution in [0.1, 0.15) is 41.6 Å². The fourth-order valence-electron chi connectivity index (χ4n) is 3.97. The smallest absolute Gasteiger partial charge is 0.178 e. The molecule has 0 atom stereocenters. The molecule has 0 unspecified atom stereocenters. The number of Topliss-reactive ketones (excluding diaryl/α,β-unsaturated/α-hetero) is 1. The van der Waals surface area contributed by atoms with Crippen LogP contribution in [0.25, 0.3) is 0 Å².